The number of carbonyl (C=O) groups excluding carboxylic acids is 1. The zero-order valence-corrected chi connectivity index (χ0v) is 13.1. The summed E-state index contributed by atoms with van der Waals surface area (Å²) in [5, 5.41) is 21.1. The van der Waals surface area contributed by atoms with Gasteiger partial charge in [0.2, 0.25) is 0 Å². The average Bonchev–Trinajstić information content (AvgIpc) is 3.08. The molecule has 0 fully saturated rings. The normalized spacial score (nSPS) is 12.6. The number of nitrogens with one attached hydrogen (secondary N) is 2. The van der Waals surface area contributed by atoms with Gasteiger partial charge in [-0.2, -0.15) is 0 Å². The van der Waals surface area contributed by atoms with Gasteiger partial charge in [0.25, 0.3) is 11.5 Å². The number of aromatic hydroxyl groups is 1. The van der Waals surface area contributed by atoms with Gasteiger partial charge in [0.1, 0.15) is 17.9 Å². The molecule has 0 bridgehead atoms. The van der Waals surface area contributed by atoms with Gasteiger partial charge < -0.3 is 24.8 Å². The molecular weight excluding hydrogens is 330 g/mol. The van der Waals surface area contributed by atoms with E-state index in [-0.39, 0.29) is 19.8 Å². The second kappa shape index (κ2) is 6.73. The van der Waals surface area contributed by atoms with Crippen molar-refractivity contribution in [1.82, 2.24) is 9.88 Å². The zero-order chi connectivity index (χ0) is 18.0. The van der Waals surface area contributed by atoms with Crippen molar-refractivity contribution in [2.45, 2.75) is 19.8 Å². The van der Waals surface area contributed by atoms with Crippen molar-refractivity contribution in [3.63, 3.8) is 0 Å². The maximum absolute atomic E-state index is 12.8. The molecule has 25 heavy (non-hydrogen) atoms. The molecule has 2 aromatic rings. The van der Waals surface area contributed by atoms with Gasteiger partial charge in [-0.15, -0.1) is 0 Å². The highest BCUT2D eigenvalue weighted by Crippen LogP contribution is 2.29. The summed E-state index contributed by atoms with van der Waals surface area (Å²) in [6.45, 7) is -0.256. The van der Waals surface area contributed by atoms with E-state index < -0.39 is 35.3 Å². The third-order valence-corrected chi connectivity index (χ3v) is 3.88. The van der Waals surface area contributed by atoms with Crippen LogP contribution in [0.15, 0.2) is 29.3 Å². The third kappa shape index (κ3) is 3.22. The van der Waals surface area contributed by atoms with Gasteiger partial charge in [0.15, 0.2) is 12.4 Å². The molecule has 0 atom stereocenters. The summed E-state index contributed by atoms with van der Waals surface area (Å²) < 4.78 is 6.67. The van der Waals surface area contributed by atoms with Crippen LogP contribution in [0.5, 0.6) is 5.75 Å². The van der Waals surface area contributed by atoms with Crippen LogP contribution in [0.25, 0.3) is 0 Å². The van der Waals surface area contributed by atoms with Crippen LogP contribution < -0.4 is 15.9 Å². The fraction of sp³-hybridized carbons (Fsp3) is 0.250. The summed E-state index contributed by atoms with van der Waals surface area (Å²) in [7, 11) is 0. The molecule has 0 saturated carbocycles. The van der Waals surface area contributed by atoms with Crippen molar-refractivity contribution >= 4 is 11.9 Å². The smallest absolute Gasteiger partial charge is 0.322 e. The molecule has 3 rings (SSSR count). The maximum Gasteiger partial charge on any atom is 0.322 e. The first kappa shape index (κ1) is 16.7. The summed E-state index contributed by atoms with van der Waals surface area (Å²) in [6.07, 6.45) is 3.44. The van der Waals surface area contributed by atoms with Crippen LogP contribution in [-0.4, -0.2) is 33.2 Å². The minimum atomic E-state index is -1.25. The highest BCUT2D eigenvalue weighted by Gasteiger charge is 2.29. The predicted molar refractivity (Wildman–Crippen MR) is 82.9 cm³/mol. The fourth-order valence-corrected chi connectivity index (χ4v) is 2.70. The number of amides is 1. The fourth-order valence-electron chi connectivity index (χ4n) is 2.70. The van der Waals surface area contributed by atoms with Crippen molar-refractivity contribution in [2.24, 2.45) is 0 Å². The Bertz CT molecular complexity index is 891. The average molecular weight is 346 g/mol. The Kier molecular flexibility index (Phi) is 4.48. The first-order chi connectivity index (χ1) is 12.0. The van der Waals surface area contributed by atoms with E-state index in [0.29, 0.717) is 11.3 Å². The van der Waals surface area contributed by atoms with Crippen LogP contribution in [0.4, 0.5) is 0 Å². The van der Waals surface area contributed by atoms with Gasteiger partial charge in [-0.3, -0.25) is 14.4 Å². The maximum atomic E-state index is 12.8. The van der Waals surface area contributed by atoms with Crippen molar-refractivity contribution in [3.05, 3.63) is 57.3 Å². The Labute approximate surface area is 141 Å². The van der Waals surface area contributed by atoms with Crippen LogP contribution in [0.1, 0.15) is 27.2 Å². The highest BCUT2D eigenvalue weighted by atomic mass is 16.5. The number of rotatable bonds is 5. The molecule has 9 nitrogen and oxygen atoms in total. The molecule has 3 heterocycles. The van der Waals surface area contributed by atoms with Crippen LogP contribution in [-0.2, 0) is 29.3 Å². The van der Waals surface area contributed by atoms with Crippen LogP contribution in [0, 0.1) is 0 Å². The molecule has 0 aromatic carbocycles. The topological polar surface area (TPSA) is 132 Å². The molecule has 9 heteroatoms. The molecule has 130 valence electrons. The quantitative estimate of drug-likeness (QED) is 0.653. The molecule has 0 aliphatic carbocycles. The number of H-pyrrole nitrogens is 1. The number of carboxylic acid groups (broad SMARTS) is 1. The lowest BCUT2D eigenvalue weighted by atomic mass is 10.1. The Morgan fingerprint density at radius 2 is 2.16 bits per heavy atom. The number of ether oxygens (including phenoxy) is 1. The van der Waals surface area contributed by atoms with Crippen molar-refractivity contribution < 1.29 is 29.5 Å². The number of fused-ring (bicyclic) bond motifs is 1. The lowest BCUT2D eigenvalue weighted by molar-refractivity contribution is -0.378. The van der Waals surface area contributed by atoms with Crippen LogP contribution in [0.3, 0.4) is 0 Å². The van der Waals surface area contributed by atoms with E-state index in [4.69, 9.17) is 9.84 Å². The van der Waals surface area contributed by atoms with Crippen molar-refractivity contribution in [1.29, 1.82) is 0 Å². The molecule has 4 N–H and O–H groups in total. The van der Waals surface area contributed by atoms with E-state index in [9.17, 15) is 19.5 Å². The molecule has 1 aliphatic heterocycles. The molecule has 1 amide bonds. The van der Waals surface area contributed by atoms with Gasteiger partial charge in [-0.25, -0.2) is 4.98 Å². The predicted octanol–water partition coefficient (Wildman–Crippen LogP) is -0.739. The largest absolute Gasteiger partial charge is 0.506 e. The Morgan fingerprint density at radius 1 is 1.36 bits per heavy atom. The first-order valence-electron chi connectivity index (χ1n) is 7.49. The molecule has 0 spiro atoms. The zero-order valence-electron chi connectivity index (χ0n) is 13.1. The summed E-state index contributed by atoms with van der Waals surface area (Å²) in [4.78, 5) is 38.5. The molecule has 0 radical (unpaired) electrons. The molecule has 0 saturated heterocycles. The Balaban J connectivity index is 2.07. The van der Waals surface area contributed by atoms with Gasteiger partial charge in [-0.05, 0) is 6.07 Å². The van der Waals surface area contributed by atoms with Gasteiger partial charge in [0.05, 0.1) is 25.5 Å². The van der Waals surface area contributed by atoms with Crippen LogP contribution >= 0.6 is 0 Å². The highest BCUT2D eigenvalue weighted by molar-refractivity contribution is 5.98. The second-order valence-corrected chi connectivity index (χ2v) is 5.52. The number of pyridine rings is 2. The SMILES string of the molecule is O=C(O)CNC(=O)c1c(O)c2c(n(Cc3ccc[nH+]c3)c1=O)COC2. The molecular formula is C16H16N3O6+. The number of hydrogen-bond acceptors (Lipinski definition) is 5. The molecule has 2 aromatic heterocycles. The van der Waals surface area contributed by atoms with E-state index in [1.807, 2.05) is 6.07 Å². The number of carbonyl (C=O) groups is 2. The minimum Gasteiger partial charge on any atom is -0.506 e. The van der Waals surface area contributed by atoms with E-state index in [1.54, 1.807) is 18.5 Å². The standard InChI is InChI=1S/C16H15N3O6/c20-12(21)5-18-15(23)13-14(22)10-7-25-8-11(10)19(16(13)24)6-9-2-1-3-17-4-9/h1-4,22H,5-8H2,(H,18,23)(H,20,21)/p+1. The number of nitrogens with zero attached hydrogens (tertiary/aromatic N) is 1. The summed E-state index contributed by atoms with van der Waals surface area (Å²) in [6, 6.07) is 3.58. The number of hydrogen-bond donors (Lipinski definition) is 3. The minimum absolute atomic E-state index is 0.0710. The van der Waals surface area contributed by atoms with Gasteiger partial charge in [-0.1, -0.05) is 0 Å². The van der Waals surface area contributed by atoms with Gasteiger partial charge in [0, 0.05) is 17.2 Å². The monoisotopic (exact) mass is 346 g/mol. The number of aromatic amines is 1. The summed E-state index contributed by atoms with van der Waals surface area (Å²) in [5.41, 5.74) is 0.473. The number of aliphatic carboxylic acids is 1. The second-order valence-electron chi connectivity index (χ2n) is 5.52. The Hall–Kier alpha value is -3.20. The summed E-state index contributed by atoms with van der Waals surface area (Å²) in [5.74, 6) is -2.65. The lowest BCUT2D eigenvalue weighted by Gasteiger charge is -2.15. The summed E-state index contributed by atoms with van der Waals surface area (Å²) >= 11 is 0. The third-order valence-electron chi connectivity index (χ3n) is 3.88. The van der Waals surface area contributed by atoms with E-state index in [2.05, 4.69) is 10.3 Å². The molecule has 0 unspecified atom stereocenters. The first-order valence-corrected chi connectivity index (χ1v) is 7.49. The number of carboxylic acids is 1. The molecule has 1 aliphatic rings. The van der Waals surface area contributed by atoms with E-state index >= 15 is 0 Å². The van der Waals surface area contributed by atoms with Crippen molar-refractivity contribution in [3.8, 4) is 5.75 Å². The van der Waals surface area contributed by atoms with E-state index in [0.717, 1.165) is 5.56 Å². The van der Waals surface area contributed by atoms with Crippen LogP contribution in [0.2, 0.25) is 0 Å². The van der Waals surface area contributed by atoms with E-state index in [1.165, 1.54) is 4.57 Å². The van der Waals surface area contributed by atoms with Crippen molar-refractivity contribution in [2.75, 3.05) is 6.54 Å². The number of aromatic nitrogens is 2. The Morgan fingerprint density at radius 3 is 2.84 bits per heavy atom. The van der Waals surface area contributed by atoms with Gasteiger partial charge >= 0.3 is 5.97 Å². The lowest BCUT2D eigenvalue weighted by Crippen LogP contribution is -2.37.